The highest BCUT2D eigenvalue weighted by molar-refractivity contribution is 9.10. The molecule has 0 radical (unpaired) electrons. The van der Waals surface area contributed by atoms with E-state index in [1.807, 2.05) is 18.2 Å². The standard InChI is InChI=1S/C15H21BrN2O4/c1-3-22-14(20)17-9-8-13(19)18-10-15(2,21)11-6-4-5-7-12(11)16/h4-7,21H,3,8-10H2,1-2H3,(H,17,20)(H,18,19)/t15-/m0/s1. The summed E-state index contributed by atoms with van der Waals surface area (Å²) in [5, 5.41) is 15.6. The lowest BCUT2D eigenvalue weighted by Crippen LogP contribution is -2.40. The topological polar surface area (TPSA) is 87.7 Å². The first-order valence-electron chi connectivity index (χ1n) is 7.01. The molecule has 0 spiro atoms. The molecule has 1 atom stereocenters. The molecule has 0 aliphatic carbocycles. The first-order chi connectivity index (χ1) is 10.4. The molecule has 0 unspecified atom stereocenters. The van der Waals surface area contributed by atoms with Crippen LogP contribution in [0.2, 0.25) is 0 Å². The number of nitrogens with one attached hydrogen (secondary N) is 2. The average molecular weight is 373 g/mol. The molecule has 0 saturated carbocycles. The maximum absolute atomic E-state index is 11.7. The van der Waals surface area contributed by atoms with Gasteiger partial charge in [-0.05, 0) is 25.5 Å². The van der Waals surface area contributed by atoms with Gasteiger partial charge in [0, 0.05) is 17.4 Å². The van der Waals surface area contributed by atoms with Crippen LogP contribution < -0.4 is 10.6 Å². The third kappa shape index (κ3) is 6.03. The molecule has 0 heterocycles. The number of carbonyl (C=O) groups is 2. The van der Waals surface area contributed by atoms with Gasteiger partial charge in [-0.25, -0.2) is 4.79 Å². The number of rotatable bonds is 7. The summed E-state index contributed by atoms with van der Waals surface area (Å²) in [6, 6.07) is 7.29. The Morgan fingerprint density at radius 1 is 1.32 bits per heavy atom. The predicted octanol–water partition coefficient (Wildman–Crippen LogP) is 1.91. The van der Waals surface area contributed by atoms with E-state index < -0.39 is 11.7 Å². The molecule has 1 aromatic rings. The Kier molecular flexibility index (Phi) is 7.34. The lowest BCUT2D eigenvalue weighted by molar-refractivity contribution is -0.122. The molecule has 0 bridgehead atoms. The zero-order chi connectivity index (χ0) is 16.6. The Hall–Kier alpha value is -1.60. The van der Waals surface area contributed by atoms with Crippen LogP contribution >= 0.6 is 15.9 Å². The molecular weight excluding hydrogens is 352 g/mol. The monoisotopic (exact) mass is 372 g/mol. The quantitative estimate of drug-likeness (QED) is 0.682. The number of carbonyl (C=O) groups excluding carboxylic acids is 2. The van der Waals surface area contributed by atoms with E-state index in [4.69, 9.17) is 0 Å². The molecule has 22 heavy (non-hydrogen) atoms. The average Bonchev–Trinajstić information content (AvgIpc) is 2.46. The second kappa shape index (κ2) is 8.75. The normalized spacial score (nSPS) is 13.1. The van der Waals surface area contributed by atoms with Crippen molar-refractivity contribution in [3.05, 3.63) is 34.3 Å². The number of hydrogen-bond acceptors (Lipinski definition) is 4. The van der Waals surface area contributed by atoms with Gasteiger partial charge in [0.15, 0.2) is 0 Å². The fraction of sp³-hybridized carbons (Fsp3) is 0.467. The van der Waals surface area contributed by atoms with Crippen molar-refractivity contribution in [2.45, 2.75) is 25.9 Å². The molecular formula is C15H21BrN2O4. The largest absolute Gasteiger partial charge is 0.450 e. The Morgan fingerprint density at radius 2 is 2.00 bits per heavy atom. The first-order valence-corrected chi connectivity index (χ1v) is 7.81. The first kappa shape index (κ1) is 18.4. The Bertz CT molecular complexity index is 520. The van der Waals surface area contributed by atoms with Crippen molar-refractivity contribution >= 4 is 27.9 Å². The second-order valence-corrected chi connectivity index (χ2v) is 5.78. The predicted molar refractivity (Wildman–Crippen MR) is 86.4 cm³/mol. The third-order valence-electron chi connectivity index (χ3n) is 2.98. The van der Waals surface area contributed by atoms with Crippen molar-refractivity contribution < 1.29 is 19.4 Å². The summed E-state index contributed by atoms with van der Waals surface area (Å²) < 4.78 is 5.46. The number of alkyl carbamates (subject to hydrolysis) is 1. The zero-order valence-corrected chi connectivity index (χ0v) is 14.3. The summed E-state index contributed by atoms with van der Waals surface area (Å²) in [6.45, 7) is 3.88. The maximum atomic E-state index is 11.7. The van der Waals surface area contributed by atoms with E-state index in [-0.39, 0.29) is 32.0 Å². The number of ether oxygens (including phenoxy) is 1. The number of amides is 2. The summed E-state index contributed by atoms with van der Waals surface area (Å²) in [7, 11) is 0. The molecule has 0 saturated heterocycles. The molecule has 0 aromatic heterocycles. The van der Waals surface area contributed by atoms with E-state index in [0.29, 0.717) is 5.56 Å². The van der Waals surface area contributed by atoms with Gasteiger partial charge >= 0.3 is 6.09 Å². The van der Waals surface area contributed by atoms with Gasteiger partial charge in [-0.3, -0.25) is 4.79 Å². The van der Waals surface area contributed by atoms with E-state index in [1.165, 1.54) is 0 Å². The van der Waals surface area contributed by atoms with E-state index in [0.717, 1.165) is 4.47 Å². The maximum Gasteiger partial charge on any atom is 0.407 e. The molecule has 0 aliphatic heterocycles. The van der Waals surface area contributed by atoms with Gasteiger partial charge in [-0.15, -0.1) is 0 Å². The third-order valence-corrected chi connectivity index (χ3v) is 3.67. The minimum atomic E-state index is -1.19. The fourth-order valence-corrected chi connectivity index (χ4v) is 2.52. The van der Waals surface area contributed by atoms with Crippen LogP contribution in [0.1, 0.15) is 25.8 Å². The molecule has 1 aromatic carbocycles. The van der Waals surface area contributed by atoms with Crippen LogP contribution in [0.25, 0.3) is 0 Å². The van der Waals surface area contributed by atoms with Gasteiger partial charge in [-0.2, -0.15) is 0 Å². The molecule has 0 fully saturated rings. The van der Waals surface area contributed by atoms with Crippen LogP contribution in [0.4, 0.5) is 4.79 Å². The van der Waals surface area contributed by atoms with Crippen molar-refractivity contribution in [1.82, 2.24) is 10.6 Å². The van der Waals surface area contributed by atoms with Gasteiger partial charge in [0.05, 0.1) is 13.2 Å². The lowest BCUT2D eigenvalue weighted by atomic mass is 9.96. The van der Waals surface area contributed by atoms with Gasteiger partial charge in [0.2, 0.25) is 5.91 Å². The highest BCUT2D eigenvalue weighted by Crippen LogP contribution is 2.27. The molecule has 0 aliphatic rings. The van der Waals surface area contributed by atoms with Crippen LogP contribution in [0.3, 0.4) is 0 Å². The highest BCUT2D eigenvalue weighted by atomic mass is 79.9. The molecule has 122 valence electrons. The Labute approximate surface area is 138 Å². The minimum absolute atomic E-state index is 0.0772. The molecule has 1 rings (SSSR count). The lowest BCUT2D eigenvalue weighted by Gasteiger charge is -2.25. The highest BCUT2D eigenvalue weighted by Gasteiger charge is 2.25. The van der Waals surface area contributed by atoms with Gasteiger partial charge < -0.3 is 20.5 Å². The number of halogens is 1. The fourth-order valence-electron chi connectivity index (χ4n) is 1.81. The van der Waals surface area contributed by atoms with Gasteiger partial charge in [-0.1, -0.05) is 34.1 Å². The van der Waals surface area contributed by atoms with E-state index in [2.05, 4.69) is 31.3 Å². The van der Waals surface area contributed by atoms with E-state index >= 15 is 0 Å². The van der Waals surface area contributed by atoms with Crippen molar-refractivity contribution in [2.24, 2.45) is 0 Å². The van der Waals surface area contributed by atoms with Gasteiger partial charge in [0.25, 0.3) is 0 Å². The number of aliphatic hydroxyl groups is 1. The minimum Gasteiger partial charge on any atom is -0.450 e. The van der Waals surface area contributed by atoms with Crippen molar-refractivity contribution in [3.8, 4) is 0 Å². The van der Waals surface area contributed by atoms with Crippen LogP contribution in [-0.4, -0.2) is 36.8 Å². The van der Waals surface area contributed by atoms with E-state index in [9.17, 15) is 14.7 Å². The number of benzene rings is 1. The molecule has 7 heteroatoms. The summed E-state index contributed by atoms with van der Waals surface area (Å²) in [4.78, 5) is 22.8. The second-order valence-electron chi connectivity index (χ2n) is 4.93. The number of hydrogen-bond donors (Lipinski definition) is 3. The van der Waals surface area contributed by atoms with E-state index in [1.54, 1.807) is 19.9 Å². The van der Waals surface area contributed by atoms with Crippen LogP contribution in [0.5, 0.6) is 0 Å². The summed E-state index contributed by atoms with van der Waals surface area (Å²) in [5.74, 6) is -0.260. The SMILES string of the molecule is CCOC(=O)NCCC(=O)NC[C@](C)(O)c1ccccc1Br. The van der Waals surface area contributed by atoms with Crippen LogP contribution in [0.15, 0.2) is 28.7 Å². The Morgan fingerprint density at radius 3 is 2.64 bits per heavy atom. The summed E-state index contributed by atoms with van der Waals surface area (Å²) >= 11 is 3.38. The molecule has 6 nitrogen and oxygen atoms in total. The Balaban J connectivity index is 2.40. The van der Waals surface area contributed by atoms with Crippen LogP contribution in [0, 0.1) is 0 Å². The van der Waals surface area contributed by atoms with Gasteiger partial charge in [0.1, 0.15) is 5.60 Å². The molecule has 3 N–H and O–H groups in total. The summed E-state index contributed by atoms with van der Waals surface area (Å²) in [6.07, 6.45) is -0.430. The van der Waals surface area contributed by atoms with Crippen molar-refractivity contribution in [2.75, 3.05) is 19.7 Å². The smallest absolute Gasteiger partial charge is 0.407 e. The molecule has 2 amide bonds. The van der Waals surface area contributed by atoms with Crippen molar-refractivity contribution in [1.29, 1.82) is 0 Å². The summed E-state index contributed by atoms with van der Waals surface area (Å²) in [5.41, 5.74) is -0.496. The van der Waals surface area contributed by atoms with Crippen molar-refractivity contribution in [3.63, 3.8) is 0 Å². The zero-order valence-electron chi connectivity index (χ0n) is 12.7. The van der Waals surface area contributed by atoms with Crippen LogP contribution in [-0.2, 0) is 15.1 Å².